The number of rotatable bonds is 7. The molecule has 9 heteroatoms. The third kappa shape index (κ3) is 6.99. The molecule has 0 unspecified atom stereocenters. The van der Waals surface area contributed by atoms with E-state index in [0.717, 1.165) is 0 Å². The Morgan fingerprint density at radius 3 is 2.05 bits per heavy atom. The van der Waals surface area contributed by atoms with Crippen LogP contribution >= 0.6 is 0 Å². The van der Waals surface area contributed by atoms with Crippen LogP contribution in [-0.2, 0) is 19.2 Å². The molecule has 0 aliphatic heterocycles. The maximum Gasteiger partial charge on any atom is 0.325 e. The summed E-state index contributed by atoms with van der Waals surface area (Å²) in [4.78, 5) is 44.1. The number of nitrogens with one attached hydrogen (secondary N) is 3. The second kappa shape index (κ2) is 8.03. The highest BCUT2D eigenvalue weighted by atomic mass is 16.4. The van der Waals surface area contributed by atoms with Gasteiger partial charge in [-0.25, -0.2) is 0 Å². The topological polar surface area (TPSA) is 151 Å². The Balaban J connectivity index is 4.05. The molecule has 0 aromatic rings. The Morgan fingerprint density at radius 1 is 1.05 bits per heavy atom. The first-order valence-corrected chi connectivity index (χ1v) is 5.57. The van der Waals surface area contributed by atoms with Crippen molar-refractivity contribution in [1.29, 1.82) is 0 Å². The lowest BCUT2D eigenvalue weighted by Crippen LogP contribution is -2.50. The highest BCUT2D eigenvalue weighted by molar-refractivity contribution is 5.91. The molecule has 0 aliphatic carbocycles. The minimum absolute atomic E-state index is 0.242. The van der Waals surface area contributed by atoms with E-state index in [9.17, 15) is 19.2 Å². The predicted octanol–water partition coefficient (Wildman–Crippen LogP) is -2.84. The van der Waals surface area contributed by atoms with E-state index in [-0.39, 0.29) is 13.1 Å². The van der Waals surface area contributed by atoms with E-state index in [1.807, 2.05) is 0 Å². The molecular weight excluding hydrogens is 256 g/mol. The van der Waals surface area contributed by atoms with Gasteiger partial charge >= 0.3 is 5.97 Å². The van der Waals surface area contributed by atoms with Crippen molar-refractivity contribution in [2.45, 2.75) is 25.9 Å². The van der Waals surface area contributed by atoms with Crippen LogP contribution in [0.25, 0.3) is 0 Å². The van der Waals surface area contributed by atoms with Crippen molar-refractivity contribution in [2.75, 3.05) is 13.1 Å². The lowest BCUT2D eigenvalue weighted by Gasteiger charge is -2.14. The number of carboxylic acids is 1. The van der Waals surface area contributed by atoms with Crippen LogP contribution in [0.2, 0.25) is 0 Å². The fraction of sp³-hybridized carbons (Fsp3) is 0.600. The normalized spacial score (nSPS) is 13.0. The molecular formula is C10H18N4O5. The molecule has 0 spiro atoms. The number of nitrogens with two attached hydrogens (primary N) is 1. The van der Waals surface area contributed by atoms with Crippen molar-refractivity contribution in [3.63, 3.8) is 0 Å². The van der Waals surface area contributed by atoms with Gasteiger partial charge in [0.15, 0.2) is 0 Å². The fourth-order valence-corrected chi connectivity index (χ4v) is 1.04. The lowest BCUT2D eigenvalue weighted by atomic mass is 10.3. The van der Waals surface area contributed by atoms with Crippen molar-refractivity contribution in [1.82, 2.24) is 16.0 Å². The van der Waals surface area contributed by atoms with Crippen LogP contribution in [0, 0.1) is 0 Å². The predicted molar refractivity (Wildman–Crippen MR) is 64.9 cm³/mol. The maximum atomic E-state index is 11.5. The second-order valence-corrected chi connectivity index (χ2v) is 3.84. The molecule has 0 aromatic carbocycles. The summed E-state index contributed by atoms with van der Waals surface area (Å²) < 4.78 is 0. The highest BCUT2D eigenvalue weighted by Gasteiger charge is 2.17. The number of hydrogen-bond donors (Lipinski definition) is 5. The van der Waals surface area contributed by atoms with Gasteiger partial charge in [-0.3, -0.25) is 19.2 Å². The van der Waals surface area contributed by atoms with E-state index >= 15 is 0 Å². The minimum Gasteiger partial charge on any atom is -0.480 e. The molecule has 0 saturated carbocycles. The van der Waals surface area contributed by atoms with Gasteiger partial charge in [0, 0.05) is 0 Å². The maximum absolute atomic E-state index is 11.5. The lowest BCUT2D eigenvalue weighted by molar-refractivity contribution is -0.141. The van der Waals surface area contributed by atoms with E-state index < -0.39 is 35.8 Å². The van der Waals surface area contributed by atoms with Crippen molar-refractivity contribution < 1.29 is 24.3 Å². The average Bonchev–Trinajstić information content (AvgIpc) is 2.35. The first kappa shape index (κ1) is 16.8. The van der Waals surface area contributed by atoms with Crippen LogP contribution in [-0.4, -0.2) is 54.0 Å². The van der Waals surface area contributed by atoms with Crippen molar-refractivity contribution in [2.24, 2.45) is 5.73 Å². The molecule has 0 aromatic heterocycles. The Kier molecular flexibility index (Phi) is 7.12. The molecule has 3 amide bonds. The Labute approximate surface area is 109 Å². The number of carboxylic acid groups (broad SMARTS) is 1. The van der Waals surface area contributed by atoms with E-state index in [2.05, 4.69) is 16.0 Å². The van der Waals surface area contributed by atoms with Crippen LogP contribution in [0.3, 0.4) is 0 Å². The number of carbonyl (C=O) groups is 4. The van der Waals surface area contributed by atoms with E-state index in [4.69, 9.17) is 10.8 Å². The smallest absolute Gasteiger partial charge is 0.325 e. The molecule has 0 radical (unpaired) electrons. The van der Waals surface area contributed by atoms with Crippen LogP contribution < -0.4 is 21.7 Å². The summed E-state index contributed by atoms with van der Waals surface area (Å²) in [6.07, 6.45) is 0. The summed E-state index contributed by atoms with van der Waals surface area (Å²) >= 11 is 0. The van der Waals surface area contributed by atoms with Gasteiger partial charge in [-0.1, -0.05) is 0 Å². The zero-order valence-corrected chi connectivity index (χ0v) is 10.7. The number of hydrogen-bond acceptors (Lipinski definition) is 5. The largest absolute Gasteiger partial charge is 0.480 e. The van der Waals surface area contributed by atoms with Gasteiger partial charge < -0.3 is 26.8 Å². The Bertz CT molecular complexity index is 371. The first-order valence-electron chi connectivity index (χ1n) is 5.57. The number of carbonyl (C=O) groups excluding carboxylic acids is 3. The van der Waals surface area contributed by atoms with Gasteiger partial charge in [0.25, 0.3) is 0 Å². The van der Waals surface area contributed by atoms with Crippen LogP contribution in [0.5, 0.6) is 0 Å². The van der Waals surface area contributed by atoms with Crippen LogP contribution in [0.15, 0.2) is 0 Å². The van der Waals surface area contributed by atoms with Gasteiger partial charge in [-0.2, -0.15) is 0 Å². The molecule has 0 rings (SSSR count). The van der Waals surface area contributed by atoms with Gasteiger partial charge in [0.2, 0.25) is 17.7 Å². The van der Waals surface area contributed by atoms with Gasteiger partial charge in [0.1, 0.15) is 12.1 Å². The molecule has 0 bridgehead atoms. The fourth-order valence-electron chi connectivity index (χ4n) is 1.04. The molecule has 9 nitrogen and oxygen atoms in total. The summed E-state index contributed by atoms with van der Waals surface area (Å²) in [5.41, 5.74) is 5.06. The van der Waals surface area contributed by atoms with E-state index in [1.54, 1.807) is 0 Å². The third-order valence-electron chi connectivity index (χ3n) is 2.13. The third-order valence-corrected chi connectivity index (χ3v) is 2.13. The summed E-state index contributed by atoms with van der Waals surface area (Å²) in [6.45, 7) is 2.11. The standard InChI is InChI=1S/C10H18N4O5/c1-5(13-7(15)3-11)9(17)12-4-8(16)14-6(2)10(18)19/h5-6H,3-4,11H2,1-2H3,(H,12,17)(H,13,15)(H,14,16)(H,18,19)/t5-,6-/m0/s1. The summed E-state index contributed by atoms with van der Waals surface area (Å²) in [7, 11) is 0. The summed E-state index contributed by atoms with van der Waals surface area (Å²) in [6, 6.07) is -1.88. The van der Waals surface area contributed by atoms with Crippen molar-refractivity contribution in [3.05, 3.63) is 0 Å². The zero-order chi connectivity index (χ0) is 15.0. The Hall–Kier alpha value is -2.16. The minimum atomic E-state index is -1.18. The van der Waals surface area contributed by atoms with Crippen LogP contribution in [0.1, 0.15) is 13.8 Å². The molecule has 2 atom stereocenters. The molecule has 0 aliphatic rings. The zero-order valence-electron chi connectivity index (χ0n) is 10.7. The SMILES string of the molecule is C[C@H](NC(=O)CNC(=O)[C@H](C)NC(=O)CN)C(=O)O. The molecule has 0 heterocycles. The Morgan fingerprint density at radius 2 is 1.58 bits per heavy atom. The van der Waals surface area contributed by atoms with Crippen molar-refractivity contribution >= 4 is 23.7 Å². The molecule has 0 saturated heterocycles. The van der Waals surface area contributed by atoms with Gasteiger partial charge in [-0.05, 0) is 13.8 Å². The highest BCUT2D eigenvalue weighted by Crippen LogP contribution is 1.83. The monoisotopic (exact) mass is 274 g/mol. The van der Waals surface area contributed by atoms with Gasteiger partial charge in [-0.15, -0.1) is 0 Å². The number of aliphatic carboxylic acids is 1. The molecule has 0 fully saturated rings. The van der Waals surface area contributed by atoms with E-state index in [1.165, 1.54) is 13.8 Å². The average molecular weight is 274 g/mol. The second-order valence-electron chi connectivity index (χ2n) is 3.84. The molecule has 108 valence electrons. The van der Waals surface area contributed by atoms with Crippen LogP contribution in [0.4, 0.5) is 0 Å². The van der Waals surface area contributed by atoms with E-state index in [0.29, 0.717) is 0 Å². The molecule has 19 heavy (non-hydrogen) atoms. The number of amides is 3. The first-order chi connectivity index (χ1) is 8.77. The van der Waals surface area contributed by atoms with Gasteiger partial charge in [0.05, 0.1) is 13.1 Å². The summed E-state index contributed by atoms with van der Waals surface area (Å²) in [5.74, 6) is -2.88. The van der Waals surface area contributed by atoms with Crippen molar-refractivity contribution in [3.8, 4) is 0 Å². The quantitative estimate of drug-likeness (QED) is 0.337. The molecule has 6 N–H and O–H groups in total. The summed E-state index contributed by atoms with van der Waals surface area (Å²) in [5, 5.41) is 15.3.